The van der Waals surface area contributed by atoms with Crippen LogP contribution in [0.3, 0.4) is 0 Å². The van der Waals surface area contributed by atoms with Crippen molar-refractivity contribution in [1.29, 1.82) is 0 Å². The van der Waals surface area contributed by atoms with E-state index >= 15 is 0 Å². The topological polar surface area (TPSA) is 68.3 Å². The number of rotatable bonds is 2. The molecule has 4 bridgehead atoms. The van der Waals surface area contributed by atoms with Crippen LogP contribution >= 0.6 is 0 Å². The van der Waals surface area contributed by atoms with Crippen LogP contribution in [0.2, 0.25) is 0 Å². The number of carbonyl (C=O) groups excluding carboxylic acids is 4. The Balaban J connectivity index is 1.64. The van der Waals surface area contributed by atoms with Crippen LogP contribution in [0.15, 0.2) is 71.8 Å². The van der Waals surface area contributed by atoms with Crippen molar-refractivity contribution in [2.24, 2.45) is 22.7 Å². The summed E-state index contributed by atoms with van der Waals surface area (Å²) < 4.78 is 0. The van der Waals surface area contributed by atoms with E-state index in [-0.39, 0.29) is 46.8 Å². The maximum atomic E-state index is 14.1. The molecule has 4 nitrogen and oxygen atoms in total. The van der Waals surface area contributed by atoms with E-state index in [1.165, 1.54) is 24.3 Å². The molecule has 2 spiro atoms. The first kappa shape index (κ1) is 21.6. The molecule has 4 heteroatoms. The summed E-state index contributed by atoms with van der Waals surface area (Å²) >= 11 is 0. The highest BCUT2D eigenvalue weighted by molar-refractivity contribution is 6.30. The van der Waals surface area contributed by atoms with Crippen molar-refractivity contribution in [3.63, 3.8) is 0 Å². The zero-order chi connectivity index (χ0) is 25.3. The summed E-state index contributed by atoms with van der Waals surface area (Å²) in [6, 6.07) is 12.5. The third-order valence-electron chi connectivity index (χ3n) is 9.76. The molecule has 8 rings (SSSR count). The van der Waals surface area contributed by atoms with Crippen LogP contribution in [0.25, 0.3) is 0 Å². The van der Waals surface area contributed by atoms with Gasteiger partial charge in [0.25, 0.3) is 0 Å². The highest BCUT2D eigenvalue weighted by Gasteiger charge is 2.95. The van der Waals surface area contributed by atoms with Crippen molar-refractivity contribution in [3.8, 4) is 0 Å². The predicted molar refractivity (Wildman–Crippen MR) is 134 cm³/mol. The first-order valence-corrected chi connectivity index (χ1v) is 12.6. The van der Waals surface area contributed by atoms with Crippen molar-refractivity contribution in [2.75, 3.05) is 0 Å². The molecule has 2 fully saturated rings. The summed E-state index contributed by atoms with van der Waals surface area (Å²) in [5.41, 5.74) is 4.80. The molecule has 0 aliphatic heterocycles. The van der Waals surface area contributed by atoms with Gasteiger partial charge in [0.15, 0.2) is 23.1 Å². The number of hydrogen-bond donors (Lipinski definition) is 0. The molecule has 0 unspecified atom stereocenters. The highest BCUT2D eigenvalue weighted by atomic mass is 16.2. The van der Waals surface area contributed by atoms with Crippen LogP contribution in [-0.2, 0) is 19.2 Å². The first-order chi connectivity index (χ1) is 17.2. The van der Waals surface area contributed by atoms with Crippen LogP contribution < -0.4 is 0 Å². The first-order valence-electron chi connectivity index (χ1n) is 12.6. The Kier molecular flexibility index (Phi) is 3.93. The van der Waals surface area contributed by atoms with E-state index in [2.05, 4.69) is 37.3 Å². The lowest BCUT2D eigenvalue weighted by molar-refractivity contribution is -0.131. The van der Waals surface area contributed by atoms with Crippen LogP contribution in [0.5, 0.6) is 0 Å². The molecule has 2 saturated carbocycles. The normalized spacial score (nSPS) is 35.3. The van der Waals surface area contributed by atoms with E-state index in [1.54, 1.807) is 0 Å². The van der Waals surface area contributed by atoms with Gasteiger partial charge in [-0.2, -0.15) is 0 Å². The fourth-order valence-corrected chi connectivity index (χ4v) is 8.67. The second kappa shape index (κ2) is 6.56. The van der Waals surface area contributed by atoms with E-state index in [1.807, 2.05) is 26.8 Å². The maximum Gasteiger partial charge on any atom is 0.183 e. The molecular formula is C32H26O4. The summed E-state index contributed by atoms with van der Waals surface area (Å²) in [6.07, 6.45) is 5.43. The zero-order valence-corrected chi connectivity index (χ0v) is 20.7. The molecular weight excluding hydrogens is 448 g/mol. The Morgan fingerprint density at radius 3 is 1.92 bits per heavy atom. The van der Waals surface area contributed by atoms with E-state index < -0.39 is 10.8 Å². The van der Waals surface area contributed by atoms with Gasteiger partial charge in [-0.3, -0.25) is 19.2 Å². The molecule has 36 heavy (non-hydrogen) atoms. The molecule has 0 saturated heterocycles. The summed E-state index contributed by atoms with van der Waals surface area (Å²) in [6.45, 7) is 8.14. The minimum atomic E-state index is -1.28. The molecule has 2 aromatic rings. The molecule has 0 radical (unpaired) electrons. The zero-order valence-electron chi connectivity index (χ0n) is 20.7. The maximum absolute atomic E-state index is 14.1. The van der Waals surface area contributed by atoms with Crippen molar-refractivity contribution >= 4 is 23.1 Å². The number of carbonyl (C=O) groups is 4. The van der Waals surface area contributed by atoms with Gasteiger partial charge in [0, 0.05) is 23.0 Å². The lowest BCUT2D eigenvalue weighted by Gasteiger charge is -2.47. The summed E-state index contributed by atoms with van der Waals surface area (Å²) in [5, 5.41) is 0. The van der Waals surface area contributed by atoms with E-state index in [9.17, 15) is 19.2 Å². The molecule has 2 aromatic carbocycles. The Labute approximate surface area is 209 Å². The predicted octanol–water partition coefficient (Wildman–Crippen LogP) is 4.75. The molecule has 0 N–H and O–H groups in total. The fourth-order valence-electron chi connectivity index (χ4n) is 8.67. The van der Waals surface area contributed by atoms with Gasteiger partial charge in [-0.25, -0.2) is 0 Å². The average molecular weight is 475 g/mol. The largest absolute Gasteiger partial charge is 0.294 e. The van der Waals surface area contributed by atoms with Gasteiger partial charge in [0.2, 0.25) is 0 Å². The Morgan fingerprint density at radius 2 is 1.22 bits per heavy atom. The van der Waals surface area contributed by atoms with Crippen LogP contribution in [0.1, 0.15) is 45.2 Å². The highest BCUT2D eigenvalue weighted by Crippen LogP contribution is 2.93. The van der Waals surface area contributed by atoms with Gasteiger partial charge >= 0.3 is 0 Å². The summed E-state index contributed by atoms with van der Waals surface area (Å²) in [7, 11) is 0. The number of aryl methyl sites for hydroxylation is 4. The van der Waals surface area contributed by atoms with Crippen molar-refractivity contribution in [2.45, 2.75) is 39.5 Å². The Morgan fingerprint density at radius 1 is 0.639 bits per heavy atom. The minimum absolute atomic E-state index is 0.0860. The van der Waals surface area contributed by atoms with E-state index in [0.717, 1.165) is 33.4 Å². The third-order valence-corrected chi connectivity index (χ3v) is 9.76. The average Bonchev–Trinajstić information content (AvgIpc) is 3.41. The molecule has 6 aliphatic rings. The Hall–Kier alpha value is -3.66. The number of allylic oxidation sites excluding steroid dienone is 6. The van der Waals surface area contributed by atoms with Gasteiger partial charge in [-0.05, 0) is 86.1 Å². The Bertz CT molecular complexity index is 1580. The SMILES string of the molecule is Cc1ccc(C)c([C@H]2[C@@H]3C4=C(C(=O)C=CC4=O)[C@]45C(=O)C=CC(=O)[C@@]4([C@@H]3c3cc(C)ccc3C)[C@H]25)c1. The second-order valence-electron chi connectivity index (χ2n) is 11.3. The second-order valence-corrected chi connectivity index (χ2v) is 11.3. The summed E-state index contributed by atoms with van der Waals surface area (Å²) in [4.78, 5) is 55.0. The van der Waals surface area contributed by atoms with E-state index in [0.29, 0.717) is 11.1 Å². The van der Waals surface area contributed by atoms with Gasteiger partial charge < -0.3 is 0 Å². The molecule has 6 atom stereocenters. The van der Waals surface area contributed by atoms with Crippen molar-refractivity contribution in [3.05, 3.63) is 105 Å². The molecule has 0 aromatic heterocycles. The monoisotopic (exact) mass is 474 g/mol. The van der Waals surface area contributed by atoms with Crippen molar-refractivity contribution < 1.29 is 19.2 Å². The van der Waals surface area contributed by atoms with Crippen LogP contribution in [0.4, 0.5) is 0 Å². The number of benzene rings is 2. The van der Waals surface area contributed by atoms with Crippen LogP contribution in [0, 0.1) is 50.4 Å². The molecule has 178 valence electrons. The van der Waals surface area contributed by atoms with Gasteiger partial charge in [0.05, 0.1) is 10.8 Å². The molecule has 0 heterocycles. The minimum Gasteiger partial charge on any atom is -0.294 e. The molecule has 0 amide bonds. The van der Waals surface area contributed by atoms with Crippen LogP contribution in [-0.4, -0.2) is 23.1 Å². The standard InChI is InChI=1S/C32H26O4/c1-15-5-7-17(3)19(13-15)25-27-26-21(33)9-10-22(34)29(26)32-24(36)12-11-23(35)31(32,30(25)32)28(27)20-14-16(2)6-8-18(20)4/h5-14,25,27-28,30H,1-4H3/t25-,27+,28+,30-,31+,32-/m0/s1. The van der Waals surface area contributed by atoms with Gasteiger partial charge in [-0.1, -0.05) is 47.5 Å². The number of ketones is 4. The van der Waals surface area contributed by atoms with E-state index in [4.69, 9.17) is 0 Å². The summed E-state index contributed by atoms with van der Waals surface area (Å²) in [5.74, 6) is -2.05. The fraction of sp³-hybridized carbons (Fsp3) is 0.312. The number of hydrogen-bond acceptors (Lipinski definition) is 4. The smallest absolute Gasteiger partial charge is 0.183 e. The van der Waals surface area contributed by atoms with Crippen molar-refractivity contribution in [1.82, 2.24) is 0 Å². The van der Waals surface area contributed by atoms with Gasteiger partial charge in [-0.15, -0.1) is 0 Å². The lowest BCUT2D eigenvalue weighted by Crippen LogP contribution is -2.49. The quantitative estimate of drug-likeness (QED) is 0.590. The van der Waals surface area contributed by atoms with Gasteiger partial charge in [0.1, 0.15) is 0 Å². The lowest BCUT2D eigenvalue weighted by atomic mass is 9.53. The third kappa shape index (κ3) is 2.11. The molecule has 6 aliphatic carbocycles.